The summed E-state index contributed by atoms with van der Waals surface area (Å²) in [5.74, 6) is -3.41. The molecule has 0 saturated carbocycles. The normalized spacial score (nSPS) is 24.6. The van der Waals surface area contributed by atoms with Crippen LogP contribution in [0.2, 0.25) is 0 Å². The van der Waals surface area contributed by atoms with E-state index in [1.807, 2.05) is 0 Å². The Morgan fingerprint density at radius 3 is 2.52 bits per heavy atom. The van der Waals surface area contributed by atoms with Gasteiger partial charge in [0.1, 0.15) is 23.5 Å². The average molecular weight is 477 g/mol. The van der Waals surface area contributed by atoms with Crippen molar-refractivity contribution in [3.63, 3.8) is 0 Å². The van der Waals surface area contributed by atoms with Gasteiger partial charge in [-0.05, 0) is 31.2 Å². The Morgan fingerprint density at radius 1 is 1.28 bits per heavy atom. The summed E-state index contributed by atoms with van der Waals surface area (Å²) in [6, 6.07) is 6.81. The third kappa shape index (κ3) is 3.97. The van der Waals surface area contributed by atoms with Crippen LogP contribution < -0.4 is 10.6 Å². The molecule has 1 aliphatic heterocycles. The van der Waals surface area contributed by atoms with Crippen LogP contribution >= 0.6 is 15.9 Å². The van der Waals surface area contributed by atoms with Gasteiger partial charge in [0.2, 0.25) is 0 Å². The molecule has 0 spiro atoms. The van der Waals surface area contributed by atoms with Gasteiger partial charge in [0.15, 0.2) is 0 Å². The molecule has 2 aromatic rings. The van der Waals surface area contributed by atoms with Gasteiger partial charge in [-0.15, -0.1) is 0 Å². The molecule has 3 N–H and O–H groups in total. The van der Waals surface area contributed by atoms with Gasteiger partial charge in [0.25, 0.3) is 5.72 Å². The van der Waals surface area contributed by atoms with Gasteiger partial charge in [-0.25, -0.2) is 4.79 Å². The number of nitrogens with one attached hydrogen (secondary N) is 2. The van der Waals surface area contributed by atoms with E-state index in [0.29, 0.717) is 11.3 Å². The van der Waals surface area contributed by atoms with Crippen molar-refractivity contribution in [1.29, 1.82) is 0 Å². The van der Waals surface area contributed by atoms with Crippen molar-refractivity contribution in [1.82, 2.24) is 10.6 Å². The second kappa shape index (κ2) is 7.71. The van der Waals surface area contributed by atoms with Crippen molar-refractivity contribution >= 4 is 27.9 Å². The predicted octanol–water partition coefficient (Wildman–Crippen LogP) is 3.49. The van der Waals surface area contributed by atoms with Gasteiger partial charge < -0.3 is 24.9 Å². The van der Waals surface area contributed by atoms with E-state index in [1.165, 1.54) is 24.4 Å². The lowest BCUT2D eigenvalue weighted by molar-refractivity contribution is -0.294. The van der Waals surface area contributed by atoms with Crippen molar-refractivity contribution in [2.45, 2.75) is 24.9 Å². The summed E-state index contributed by atoms with van der Waals surface area (Å²) in [5, 5.41) is 13.9. The number of hydrogen-bond donors (Lipinski definition) is 3. The van der Waals surface area contributed by atoms with Crippen LogP contribution in [-0.4, -0.2) is 35.6 Å². The van der Waals surface area contributed by atoms with Crippen LogP contribution in [0, 0.1) is 5.92 Å². The largest absolute Gasteiger partial charge is 0.466 e. The van der Waals surface area contributed by atoms with Gasteiger partial charge in [-0.1, -0.05) is 28.1 Å². The number of alkyl halides is 3. The van der Waals surface area contributed by atoms with Gasteiger partial charge >= 0.3 is 18.2 Å². The molecule has 1 fully saturated rings. The highest BCUT2D eigenvalue weighted by atomic mass is 79.9. The third-order valence-corrected chi connectivity index (χ3v) is 4.94. The van der Waals surface area contributed by atoms with E-state index in [9.17, 15) is 27.9 Å². The molecule has 1 saturated heterocycles. The van der Waals surface area contributed by atoms with E-state index in [-0.39, 0.29) is 12.4 Å². The number of esters is 1. The minimum atomic E-state index is -5.35. The number of aliphatic hydroxyl groups is 1. The number of halogens is 4. The Balaban J connectivity index is 2.04. The van der Waals surface area contributed by atoms with Crippen LogP contribution in [0.25, 0.3) is 11.3 Å². The topological polar surface area (TPSA) is 101 Å². The summed E-state index contributed by atoms with van der Waals surface area (Å²) >= 11 is 3.29. The maximum atomic E-state index is 13.6. The lowest BCUT2D eigenvalue weighted by Gasteiger charge is -2.43. The summed E-state index contributed by atoms with van der Waals surface area (Å²) < 4.78 is 52.0. The van der Waals surface area contributed by atoms with E-state index in [2.05, 4.69) is 21.2 Å². The molecular formula is C18H16BrF3N2O5. The van der Waals surface area contributed by atoms with Crippen molar-refractivity contribution in [2.75, 3.05) is 6.61 Å². The number of carbonyl (C=O) groups excluding carboxylic acids is 2. The maximum absolute atomic E-state index is 13.6. The third-order valence-electron chi connectivity index (χ3n) is 4.41. The van der Waals surface area contributed by atoms with E-state index in [4.69, 9.17) is 9.15 Å². The molecule has 2 heterocycles. The Labute approximate surface area is 171 Å². The molecule has 7 nitrogen and oxygen atoms in total. The number of rotatable bonds is 4. The summed E-state index contributed by atoms with van der Waals surface area (Å²) in [7, 11) is 0. The fraction of sp³-hybridized carbons (Fsp3) is 0.333. The fourth-order valence-corrected chi connectivity index (χ4v) is 3.33. The van der Waals surface area contributed by atoms with Crippen molar-refractivity contribution in [3.05, 3.63) is 46.6 Å². The molecule has 1 aromatic carbocycles. The Hall–Kier alpha value is -2.53. The molecule has 0 bridgehead atoms. The smallest absolute Gasteiger partial charge is 0.437 e. The zero-order chi connectivity index (χ0) is 21.4. The molecule has 1 aromatic heterocycles. The maximum Gasteiger partial charge on any atom is 0.437 e. The van der Waals surface area contributed by atoms with Crippen LogP contribution in [-0.2, 0) is 9.53 Å². The molecule has 29 heavy (non-hydrogen) atoms. The molecule has 3 atom stereocenters. The Morgan fingerprint density at radius 2 is 1.93 bits per heavy atom. The highest BCUT2D eigenvalue weighted by Crippen LogP contribution is 2.43. The summed E-state index contributed by atoms with van der Waals surface area (Å²) in [6.07, 6.45) is -5.35. The van der Waals surface area contributed by atoms with Crippen molar-refractivity contribution in [2.24, 2.45) is 5.92 Å². The Bertz CT molecular complexity index is 915. The molecule has 1 aliphatic rings. The van der Waals surface area contributed by atoms with E-state index in [0.717, 1.165) is 4.47 Å². The van der Waals surface area contributed by atoms with Gasteiger partial charge in [0, 0.05) is 10.0 Å². The first kappa shape index (κ1) is 21.2. The van der Waals surface area contributed by atoms with E-state index in [1.54, 1.807) is 24.3 Å². The van der Waals surface area contributed by atoms with E-state index >= 15 is 0 Å². The quantitative estimate of drug-likeness (QED) is 0.586. The van der Waals surface area contributed by atoms with Crippen molar-refractivity contribution < 1.29 is 37.0 Å². The average Bonchev–Trinajstić information content (AvgIpc) is 3.11. The summed E-state index contributed by atoms with van der Waals surface area (Å²) in [4.78, 5) is 24.2. The van der Waals surface area contributed by atoms with Gasteiger partial charge in [0.05, 0.1) is 6.61 Å². The summed E-state index contributed by atoms with van der Waals surface area (Å²) in [6.45, 7) is 1.19. The number of benzene rings is 1. The first-order chi connectivity index (χ1) is 13.6. The van der Waals surface area contributed by atoms with Crippen LogP contribution in [0.5, 0.6) is 0 Å². The SMILES string of the molecule is CCOC(=O)[C@H]1[C@@H](c2ccc(-c3ccc(Br)cc3)o2)NC(=O)N[C@]1(O)C(F)(F)F. The molecule has 156 valence electrons. The van der Waals surface area contributed by atoms with Gasteiger partial charge in [-0.2, -0.15) is 13.2 Å². The first-order valence-electron chi connectivity index (χ1n) is 8.47. The number of ether oxygens (including phenoxy) is 1. The van der Waals surface area contributed by atoms with Crippen LogP contribution in [0.4, 0.5) is 18.0 Å². The number of carbonyl (C=O) groups is 2. The lowest BCUT2D eigenvalue weighted by atomic mass is 9.84. The standard InChI is InChI=1S/C18H16BrF3N2O5/c1-2-28-15(25)13-14(23-16(26)24-17(13,27)18(20,21)22)12-8-7-11(29-12)9-3-5-10(19)6-4-9/h3-8,13-14,27H,2H2,1H3,(H2,23,24,26)/t13-,14-,17-/m1/s1. The number of furan rings is 1. The highest BCUT2D eigenvalue weighted by molar-refractivity contribution is 9.10. The highest BCUT2D eigenvalue weighted by Gasteiger charge is 2.67. The first-order valence-corrected chi connectivity index (χ1v) is 9.26. The van der Waals surface area contributed by atoms with Crippen LogP contribution in [0.1, 0.15) is 18.7 Å². The minimum Gasteiger partial charge on any atom is -0.466 e. The fourth-order valence-electron chi connectivity index (χ4n) is 3.06. The predicted molar refractivity (Wildman–Crippen MR) is 97.4 cm³/mol. The van der Waals surface area contributed by atoms with Gasteiger partial charge in [-0.3, -0.25) is 4.79 Å². The molecule has 0 unspecified atom stereocenters. The molecule has 11 heteroatoms. The zero-order valence-corrected chi connectivity index (χ0v) is 16.5. The number of amides is 2. The molecule has 3 rings (SSSR count). The van der Waals surface area contributed by atoms with Crippen LogP contribution in [0.3, 0.4) is 0 Å². The minimum absolute atomic E-state index is 0.140. The molecule has 0 aliphatic carbocycles. The zero-order valence-electron chi connectivity index (χ0n) is 14.9. The second-order valence-electron chi connectivity index (χ2n) is 6.28. The summed E-state index contributed by atoms with van der Waals surface area (Å²) in [5.41, 5.74) is -3.21. The second-order valence-corrected chi connectivity index (χ2v) is 7.19. The molecule has 0 radical (unpaired) electrons. The number of urea groups is 1. The van der Waals surface area contributed by atoms with Crippen LogP contribution in [0.15, 0.2) is 45.3 Å². The monoisotopic (exact) mass is 476 g/mol. The number of hydrogen-bond acceptors (Lipinski definition) is 5. The molecular weight excluding hydrogens is 461 g/mol. The lowest BCUT2D eigenvalue weighted by Crippen LogP contribution is -2.73. The molecule has 2 amide bonds. The Kier molecular flexibility index (Phi) is 5.63. The van der Waals surface area contributed by atoms with E-state index < -0.39 is 35.9 Å². The van der Waals surface area contributed by atoms with Crippen molar-refractivity contribution in [3.8, 4) is 11.3 Å².